The van der Waals surface area contributed by atoms with Gasteiger partial charge in [-0.05, 0) is 17.2 Å². The van der Waals surface area contributed by atoms with Gasteiger partial charge in [0.2, 0.25) is 0 Å². The lowest BCUT2D eigenvalue weighted by molar-refractivity contribution is 0.392. The zero-order valence-electron chi connectivity index (χ0n) is 14.6. The predicted molar refractivity (Wildman–Crippen MR) is 103 cm³/mol. The molecule has 0 radical (unpaired) electrons. The summed E-state index contributed by atoms with van der Waals surface area (Å²) in [6.45, 7) is 0. The van der Waals surface area contributed by atoms with Gasteiger partial charge in [-0.15, -0.1) is 0 Å². The van der Waals surface area contributed by atoms with E-state index in [-0.39, 0.29) is 0 Å². The number of ether oxygens (including phenoxy) is 1. The van der Waals surface area contributed by atoms with Crippen molar-refractivity contribution >= 4 is 0 Å². The average Bonchev–Trinajstić information content (AvgIpc) is 3.26. The van der Waals surface area contributed by atoms with E-state index in [4.69, 9.17) is 4.74 Å². The van der Waals surface area contributed by atoms with Crippen LogP contribution in [0.2, 0.25) is 0 Å². The van der Waals surface area contributed by atoms with Crippen LogP contribution in [0.1, 0.15) is 16.7 Å². The molecule has 0 unspecified atom stereocenters. The van der Waals surface area contributed by atoms with E-state index >= 15 is 0 Å². The summed E-state index contributed by atoms with van der Waals surface area (Å²) in [5.41, 5.74) is 2.78. The van der Waals surface area contributed by atoms with Crippen LogP contribution < -0.4 is 4.74 Å². The molecule has 0 saturated carbocycles. The van der Waals surface area contributed by atoms with Crippen molar-refractivity contribution in [3.05, 3.63) is 120 Å². The number of aromatic nitrogens is 2. The molecule has 0 spiro atoms. The van der Waals surface area contributed by atoms with E-state index in [1.807, 2.05) is 43.0 Å². The zero-order chi connectivity index (χ0) is 17.8. The third kappa shape index (κ3) is 2.49. The Bertz CT molecular complexity index is 924. The number of hydrogen-bond acceptors (Lipinski definition) is 2. The second-order valence-electron chi connectivity index (χ2n) is 6.11. The van der Waals surface area contributed by atoms with Gasteiger partial charge in [0.1, 0.15) is 11.3 Å². The number of rotatable bonds is 5. The largest absolute Gasteiger partial charge is 0.496 e. The van der Waals surface area contributed by atoms with Gasteiger partial charge < -0.3 is 9.30 Å². The number of nitrogens with zero attached hydrogens (tertiary/aromatic N) is 2. The van der Waals surface area contributed by atoms with Crippen molar-refractivity contribution in [2.24, 2.45) is 0 Å². The number of para-hydroxylation sites is 1. The van der Waals surface area contributed by atoms with Crippen LogP contribution in [0.25, 0.3) is 0 Å². The predicted octanol–water partition coefficient (Wildman–Crippen LogP) is 4.73. The molecular weight excluding hydrogens is 320 g/mol. The Balaban J connectivity index is 2.15. The summed E-state index contributed by atoms with van der Waals surface area (Å²) in [5, 5.41) is 0. The standard InChI is InChI=1S/C23H20N2O/c1-26-22-15-9-8-14-21(22)23(25-17-16-24-18-25,19-10-4-2-5-11-19)20-12-6-3-7-13-20/h2-18H,1H3. The first-order chi connectivity index (χ1) is 12.9. The van der Waals surface area contributed by atoms with Crippen molar-refractivity contribution in [3.8, 4) is 5.75 Å². The minimum atomic E-state index is -0.578. The number of imidazole rings is 1. The maximum absolute atomic E-state index is 5.76. The first kappa shape index (κ1) is 16.2. The van der Waals surface area contributed by atoms with E-state index in [9.17, 15) is 0 Å². The summed E-state index contributed by atoms with van der Waals surface area (Å²) in [6.07, 6.45) is 5.69. The van der Waals surface area contributed by atoms with Crippen LogP contribution in [-0.2, 0) is 5.54 Å². The molecule has 3 nitrogen and oxygen atoms in total. The van der Waals surface area contributed by atoms with Gasteiger partial charge in [0.15, 0.2) is 0 Å². The van der Waals surface area contributed by atoms with E-state index in [0.717, 1.165) is 22.4 Å². The second kappa shape index (κ2) is 6.89. The number of hydrogen-bond donors (Lipinski definition) is 0. The minimum Gasteiger partial charge on any atom is -0.496 e. The molecule has 0 aliphatic heterocycles. The number of methoxy groups -OCH3 is 1. The molecule has 0 saturated heterocycles. The van der Waals surface area contributed by atoms with Crippen molar-refractivity contribution in [1.82, 2.24) is 9.55 Å². The highest BCUT2D eigenvalue weighted by atomic mass is 16.5. The minimum absolute atomic E-state index is 0.578. The quantitative estimate of drug-likeness (QED) is 0.491. The molecule has 4 aromatic rings. The first-order valence-electron chi connectivity index (χ1n) is 8.60. The molecule has 3 aromatic carbocycles. The third-order valence-corrected chi connectivity index (χ3v) is 4.77. The van der Waals surface area contributed by atoms with Crippen molar-refractivity contribution in [2.45, 2.75) is 5.54 Å². The smallest absolute Gasteiger partial charge is 0.125 e. The topological polar surface area (TPSA) is 27.1 Å². The lowest BCUT2D eigenvalue weighted by atomic mass is 9.76. The third-order valence-electron chi connectivity index (χ3n) is 4.77. The summed E-state index contributed by atoms with van der Waals surface area (Å²) < 4.78 is 7.91. The Labute approximate surface area is 153 Å². The van der Waals surface area contributed by atoms with Crippen LogP contribution >= 0.6 is 0 Å². The fraction of sp³-hybridized carbons (Fsp3) is 0.0870. The van der Waals surface area contributed by atoms with E-state index in [1.54, 1.807) is 7.11 Å². The van der Waals surface area contributed by atoms with Crippen molar-refractivity contribution < 1.29 is 4.74 Å². The van der Waals surface area contributed by atoms with Gasteiger partial charge in [0.25, 0.3) is 0 Å². The fourth-order valence-corrected chi connectivity index (χ4v) is 3.67. The average molecular weight is 340 g/mol. The lowest BCUT2D eigenvalue weighted by Crippen LogP contribution is -2.37. The Hall–Kier alpha value is -3.33. The summed E-state index contributed by atoms with van der Waals surface area (Å²) >= 11 is 0. The highest BCUT2D eigenvalue weighted by Crippen LogP contribution is 2.44. The fourth-order valence-electron chi connectivity index (χ4n) is 3.67. The molecule has 0 N–H and O–H groups in total. The molecule has 0 aliphatic carbocycles. The Morgan fingerprint density at radius 2 is 1.35 bits per heavy atom. The highest BCUT2D eigenvalue weighted by Gasteiger charge is 2.40. The van der Waals surface area contributed by atoms with Crippen LogP contribution in [0, 0.1) is 0 Å². The molecule has 0 amide bonds. The normalized spacial score (nSPS) is 11.3. The Morgan fingerprint density at radius 3 is 1.88 bits per heavy atom. The van der Waals surface area contributed by atoms with Crippen LogP contribution in [0.15, 0.2) is 104 Å². The molecule has 1 heterocycles. The van der Waals surface area contributed by atoms with Crippen molar-refractivity contribution in [2.75, 3.05) is 7.11 Å². The number of benzene rings is 3. The molecular formula is C23H20N2O. The molecule has 0 aliphatic rings. The molecule has 128 valence electrons. The van der Waals surface area contributed by atoms with Crippen LogP contribution in [-0.4, -0.2) is 16.7 Å². The van der Waals surface area contributed by atoms with E-state index in [0.29, 0.717) is 0 Å². The molecule has 26 heavy (non-hydrogen) atoms. The van der Waals surface area contributed by atoms with Gasteiger partial charge in [0, 0.05) is 18.0 Å². The molecule has 3 heteroatoms. The van der Waals surface area contributed by atoms with E-state index < -0.39 is 5.54 Å². The summed E-state index contributed by atoms with van der Waals surface area (Å²) in [7, 11) is 1.72. The van der Waals surface area contributed by atoms with E-state index in [1.165, 1.54) is 0 Å². The van der Waals surface area contributed by atoms with Crippen LogP contribution in [0.4, 0.5) is 0 Å². The van der Waals surface area contributed by atoms with Gasteiger partial charge in [-0.3, -0.25) is 0 Å². The molecule has 0 fully saturated rings. The summed E-state index contributed by atoms with van der Waals surface area (Å²) in [6, 6.07) is 29.1. The molecule has 4 rings (SSSR count). The molecule has 0 atom stereocenters. The van der Waals surface area contributed by atoms with Gasteiger partial charge in [-0.2, -0.15) is 0 Å². The van der Waals surface area contributed by atoms with Gasteiger partial charge in [-0.1, -0.05) is 78.9 Å². The Kier molecular flexibility index (Phi) is 4.28. The monoisotopic (exact) mass is 340 g/mol. The van der Waals surface area contributed by atoms with Crippen molar-refractivity contribution in [1.29, 1.82) is 0 Å². The van der Waals surface area contributed by atoms with Gasteiger partial charge >= 0.3 is 0 Å². The Morgan fingerprint density at radius 1 is 0.769 bits per heavy atom. The van der Waals surface area contributed by atoms with Gasteiger partial charge in [-0.25, -0.2) is 4.98 Å². The van der Waals surface area contributed by atoms with Crippen LogP contribution in [0.5, 0.6) is 5.75 Å². The molecule has 0 bridgehead atoms. The van der Waals surface area contributed by atoms with Crippen molar-refractivity contribution in [3.63, 3.8) is 0 Å². The lowest BCUT2D eigenvalue weighted by Gasteiger charge is -2.38. The van der Waals surface area contributed by atoms with Gasteiger partial charge in [0.05, 0.1) is 13.4 Å². The van der Waals surface area contributed by atoms with E-state index in [2.05, 4.69) is 70.2 Å². The summed E-state index contributed by atoms with van der Waals surface area (Å²) in [4.78, 5) is 4.34. The molecule has 1 aromatic heterocycles. The maximum Gasteiger partial charge on any atom is 0.125 e. The summed E-state index contributed by atoms with van der Waals surface area (Å²) in [5.74, 6) is 0.842. The highest BCUT2D eigenvalue weighted by molar-refractivity contribution is 5.55. The second-order valence-corrected chi connectivity index (χ2v) is 6.11. The maximum atomic E-state index is 5.76. The zero-order valence-corrected chi connectivity index (χ0v) is 14.6. The van der Waals surface area contributed by atoms with Crippen LogP contribution in [0.3, 0.4) is 0 Å². The SMILES string of the molecule is COc1ccccc1C(c1ccccc1)(c1ccccc1)n1ccnc1. The first-order valence-corrected chi connectivity index (χ1v) is 8.60.